The fourth-order valence-corrected chi connectivity index (χ4v) is 2.27. The van der Waals surface area contributed by atoms with Gasteiger partial charge in [0, 0.05) is 17.6 Å². The van der Waals surface area contributed by atoms with E-state index in [1.165, 1.54) is 23.9 Å². The molecule has 1 aromatic carbocycles. The van der Waals surface area contributed by atoms with Crippen molar-refractivity contribution in [2.75, 3.05) is 6.54 Å². The Morgan fingerprint density at radius 3 is 3.13 bits per heavy atom. The molecule has 1 N–H and O–H groups in total. The van der Waals surface area contributed by atoms with E-state index in [1.54, 1.807) is 6.20 Å². The van der Waals surface area contributed by atoms with Crippen LogP contribution in [0, 0.1) is 6.07 Å². The Morgan fingerprint density at radius 2 is 2.27 bits per heavy atom. The number of hydrogen-bond donors (Lipinski definition) is 1. The molecule has 1 saturated heterocycles. The highest BCUT2D eigenvalue weighted by atomic mass is 15.0. The van der Waals surface area contributed by atoms with Gasteiger partial charge in [0.25, 0.3) is 0 Å². The highest BCUT2D eigenvalue weighted by molar-refractivity contribution is 5.84. The minimum Gasteiger partial charge on any atom is -0.309 e. The maximum atomic E-state index is 4.47. The van der Waals surface area contributed by atoms with Crippen molar-refractivity contribution in [2.24, 2.45) is 0 Å². The Morgan fingerprint density at radius 1 is 1.33 bits per heavy atom. The first-order valence-corrected chi connectivity index (χ1v) is 5.44. The monoisotopic (exact) mass is 197 g/mol. The predicted molar refractivity (Wildman–Crippen MR) is 60.6 cm³/mol. The average molecular weight is 197 g/mol. The van der Waals surface area contributed by atoms with Crippen LogP contribution in [-0.2, 0) is 0 Å². The Kier molecular flexibility index (Phi) is 2.14. The molecule has 1 fully saturated rings. The van der Waals surface area contributed by atoms with Crippen LogP contribution in [-0.4, -0.2) is 11.5 Å². The van der Waals surface area contributed by atoms with E-state index in [0.717, 1.165) is 11.9 Å². The minimum absolute atomic E-state index is 0.435. The molecule has 1 atom stereocenters. The number of aromatic nitrogens is 1. The largest absolute Gasteiger partial charge is 0.309 e. The third-order valence-electron chi connectivity index (χ3n) is 3.02. The van der Waals surface area contributed by atoms with Crippen LogP contribution in [0.1, 0.15) is 24.6 Å². The zero-order chi connectivity index (χ0) is 10.1. The highest BCUT2D eigenvalue weighted by Crippen LogP contribution is 2.27. The van der Waals surface area contributed by atoms with E-state index in [4.69, 9.17) is 0 Å². The van der Waals surface area contributed by atoms with Gasteiger partial charge in [-0.1, -0.05) is 24.3 Å². The van der Waals surface area contributed by atoms with E-state index in [0.29, 0.717) is 6.04 Å². The van der Waals surface area contributed by atoms with E-state index in [2.05, 4.69) is 34.6 Å². The van der Waals surface area contributed by atoms with Crippen LogP contribution < -0.4 is 5.32 Å². The van der Waals surface area contributed by atoms with Crippen molar-refractivity contribution < 1.29 is 0 Å². The van der Waals surface area contributed by atoms with Crippen molar-refractivity contribution in [3.05, 3.63) is 42.2 Å². The lowest BCUT2D eigenvalue weighted by Crippen LogP contribution is -2.14. The van der Waals surface area contributed by atoms with Gasteiger partial charge in [0.15, 0.2) is 0 Å². The van der Waals surface area contributed by atoms with Crippen LogP contribution in [0.5, 0.6) is 0 Å². The standard InChI is InChI=1S/C13H13N2/c1-2-5-11-10(4-1)7-9-15-13(11)12-6-3-8-14-12/h1-2,4-5,9,12,14H,3,6,8H2. The summed E-state index contributed by atoms with van der Waals surface area (Å²) in [6.45, 7) is 1.11. The molecule has 2 heterocycles. The van der Waals surface area contributed by atoms with Crippen molar-refractivity contribution in [1.82, 2.24) is 10.3 Å². The van der Waals surface area contributed by atoms with Crippen LogP contribution >= 0.6 is 0 Å². The van der Waals surface area contributed by atoms with E-state index in [9.17, 15) is 0 Å². The van der Waals surface area contributed by atoms with Crippen molar-refractivity contribution in [2.45, 2.75) is 18.9 Å². The number of nitrogens with one attached hydrogen (secondary N) is 1. The smallest absolute Gasteiger partial charge is 0.0651 e. The van der Waals surface area contributed by atoms with Crippen LogP contribution in [0.2, 0.25) is 0 Å². The maximum Gasteiger partial charge on any atom is 0.0651 e. The summed E-state index contributed by atoms with van der Waals surface area (Å²) in [5.41, 5.74) is 1.18. The molecule has 1 radical (unpaired) electrons. The first kappa shape index (κ1) is 8.86. The van der Waals surface area contributed by atoms with Gasteiger partial charge in [-0.2, -0.15) is 0 Å². The van der Waals surface area contributed by atoms with Crippen molar-refractivity contribution in [1.29, 1.82) is 0 Å². The van der Waals surface area contributed by atoms with E-state index >= 15 is 0 Å². The molecular weight excluding hydrogens is 184 g/mol. The topological polar surface area (TPSA) is 24.9 Å². The van der Waals surface area contributed by atoms with E-state index < -0.39 is 0 Å². The van der Waals surface area contributed by atoms with Gasteiger partial charge in [-0.15, -0.1) is 0 Å². The molecule has 0 spiro atoms. The summed E-state index contributed by atoms with van der Waals surface area (Å²) in [5.74, 6) is 0. The number of nitrogens with zero attached hydrogens (tertiary/aromatic N) is 1. The summed E-state index contributed by atoms with van der Waals surface area (Å²) in [7, 11) is 0. The first-order chi connectivity index (χ1) is 7.45. The van der Waals surface area contributed by atoms with Crippen LogP contribution in [0.4, 0.5) is 0 Å². The first-order valence-electron chi connectivity index (χ1n) is 5.44. The van der Waals surface area contributed by atoms with Gasteiger partial charge >= 0.3 is 0 Å². The molecule has 2 aromatic rings. The summed E-state index contributed by atoms with van der Waals surface area (Å²) in [6, 6.07) is 11.9. The molecule has 0 aliphatic carbocycles. The maximum absolute atomic E-state index is 4.47. The lowest BCUT2D eigenvalue weighted by molar-refractivity contribution is 0.634. The summed E-state index contributed by atoms with van der Waals surface area (Å²) >= 11 is 0. The molecule has 0 amide bonds. The van der Waals surface area contributed by atoms with Gasteiger partial charge in [-0.25, -0.2) is 0 Å². The SMILES string of the molecule is [c]1cnc(C2CCCN2)c2ccccc12. The molecule has 0 bridgehead atoms. The molecule has 3 rings (SSSR count). The van der Waals surface area contributed by atoms with Crippen molar-refractivity contribution in [3.8, 4) is 0 Å². The lowest BCUT2D eigenvalue weighted by atomic mass is 10.0. The third-order valence-corrected chi connectivity index (χ3v) is 3.02. The van der Waals surface area contributed by atoms with Crippen molar-refractivity contribution >= 4 is 10.8 Å². The van der Waals surface area contributed by atoms with E-state index in [-0.39, 0.29) is 0 Å². The molecule has 2 nitrogen and oxygen atoms in total. The molecule has 1 aliphatic heterocycles. The fraction of sp³-hybridized carbons (Fsp3) is 0.308. The van der Waals surface area contributed by atoms with Gasteiger partial charge in [-0.3, -0.25) is 4.98 Å². The fourth-order valence-electron chi connectivity index (χ4n) is 2.27. The van der Waals surface area contributed by atoms with Crippen LogP contribution in [0.3, 0.4) is 0 Å². The predicted octanol–water partition coefficient (Wildman–Crippen LogP) is 2.46. The summed E-state index contributed by atoms with van der Waals surface area (Å²) in [6.07, 6.45) is 4.23. The Bertz CT molecular complexity index is 467. The lowest BCUT2D eigenvalue weighted by Gasteiger charge is -2.11. The molecule has 2 heteroatoms. The summed E-state index contributed by atoms with van der Waals surface area (Å²) < 4.78 is 0. The zero-order valence-electron chi connectivity index (χ0n) is 8.53. The number of pyridine rings is 1. The molecule has 1 unspecified atom stereocenters. The molecule has 1 aliphatic rings. The van der Waals surface area contributed by atoms with Crippen LogP contribution in [0.25, 0.3) is 10.8 Å². The molecule has 1 aromatic heterocycles. The Hall–Kier alpha value is -1.41. The van der Waals surface area contributed by atoms with Gasteiger partial charge in [0.05, 0.1) is 11.7 Å². The third kappa shape index (κ3) is 1.51. The highest BCUT2D eigenvalue weighted by Gasteiger charge is 2.19. The van der Waals surface area contributed by atoms with Gasteiger partial charge in [0.2, 0.25) is 0 Å². The normalized spacial score (nSPS) is 20.9. The second-order valence-corrected chi connectivity index (χ2v) is 3.98. The molecule has 75 valence electrons. The Balaban J connectivity index is 2.16. The minimum atomic E-state index is 0.435. The van der Waals surface area contributed by atoms with E-state index in [1.807, 2.05) is 6.07 Å². The number of fused-ring (bicyclic) bond motifs is 1. The van der Waals surface area contributed by atoms with Gasteiger partial charge in [0.1, 0.15) is 0 Å². The Labute approximate surface area is 89.3 Å². The quantitative estimate of drug-likeness (QED) is 0.759. The van der Waals surface area contributed by atoms with Gasteiger partial charge in [-0.05, 0) is 24.8 Å². The molecular formula is C13H13N2. The summed E-state index contributed by atoms with van der Waals surface area (Å²) in [5, 5.41) is 5.89. The number of hydrogen-bond acceptors (Lipinski definition) is 2. The van der Waals surface area contributed by atoms with Gasteiger partial charge < -0.3 is 5.32 Å². The average Bonchev–Trinajstić information content (AvgIpc) is 2.82. The number of rotatable bonds is 1. The second-order valence-electron chi connectivity index (χ2n) is 3.98. The summed E-state index contributed by atoms with van der Waals surface area (Å²) in [4.78, 5) is 4.47. The van der Waals surface area contributed by atoms with Crippen LogP contribution in [0.15, 0.2) is 30.5 Å². The molecule has 0 saturated carbocycles. The number of benzene rings is 1. The molecule has 15 heavy (non-hydrogen) atoms. The second kappa shape index (κ2) is 3.63. The van der Waals surface area contributed by atoms with Crippen molar-refractivity contribution in [3.63, 3.8) is 0 Å². The zero-order valence-corrected chi connectivity index (χ0v) is 8.53.